The highest BCUT2D eigenvalue weighted by Crippen LogP contribution is 2.36. The van der Waals surface area contributed by atoms with Crippen molar-refractivity contribution in [2.45, 2.75) is 62.8 Å². The predicted octanol–water partition coefficient (Wildman–Crippen LogP) is 7.36. The minimum absolute atomic E-state index is 0. The molecule has 6 saturated heterocycles. The average Bonchev–Trinajstić information content (AvgIpc) is 3.43. The third-order valence-electron chi connectivity index (χ3n) is 14.3. The van der Waals surface area contributed by atoms with Gasteiger partial charge in [-0.2, -0.15) is 0 Å². The molecule has 12 rings (SSSR count). The molecule has 4 bridgehead atoms. The molecule has 0 aliphatic carbocycles. The Hall–Kier alpha value is -5.92. The van der Waals surface area contributed by atoms with Gasteiger partial charge >= 0.3 is 11.9 Å². The van der Waals surface area contributed by atoms with Gasteiger partial charge in [0.25, 0.3) is 0 Å². The number of piperidine rings is 6. The number of carbonyl (C=O) groups is 4. The van der Waals surface area contributed by atoms with E-state index in [9.17, 15) is 19.2 Å². The molecule has 12 heteroatoms. The van der Waals surface area contributed by atoms with Crippen LogP contribution in [0.15, 0.2) is 182 Å². The highest BCUT2D eigenvalue weighted by atomic mass is 79.9. The van der Waals surface area contributed by atoms with Gasteiger partial charge in [0.05, 0.1) is 18.4 Å². The van der Waals surface area contributed by atoms with Gasteiger partial charge in [0, 0.05) is 60.6 Å². The van der Waals surface area contributed by atoms with E-state index in [4.69, 9.17) is 9.47 Å². The molecule has 6 aromatic rings. The van der Waals surface area contributed by atoms with E-state index < -0.39 is 6.04 Å². The maximum Gasteiger partial charge on any atom is 0.329 e. The van der Waals surface area contributed by atoms with E-state index in [1.807, 2.05) is 170 Å². The lowest BCUT2D eigenvalue weighted by Crippen LogP contribution is -3.00. The van der Waals surface area contributed by atoms with Crippen LogP contribution in [0, 0.1) is 11.8 Å². The van der Waals surface area contributed by atoms with Crippen LogP contribution in [-0.4, -0.2) is 108 Å². The van der Waals surface area contributed by atoms with Crippen molar-refractivity contribution in [2.75, 3.05) is 61.8 Å². The van der Waals surface area contributed by atoms with Gasteiger partial charge in [0.2, 0.25) is 5.78 Å². The van der Waals surface area contributed by atoms with Gasteiger partial charge in [-0.3, -0.25) is 14.5 Å². The zero-order valence-corrected chi connectivity index (χ0v) is 44.0. The number of hydrogen-bond acceptors (Lipinski definition) is 9. The number of anilines is 2. The number of halogens is 2. The summed E-state index contributed by atoms with van der Waals surface area (Å²) in [6.07, 6.45) is 5.35. The van der Waals surface area contributed by atoms with Crippen molar-refractivity contribution in [3.8, 4) is 0 Å². The van der Waals surface area contributed by atoms with Crippen LogP contribution in [0.5, 0.6) is 0 Å². The minimum atomic E-state index is -0.477. The standard InChI is InChI=1S/C30H33N2O3.C22H26N2O2.C8H7BrO.BrH/c33-28(24-12-6-2-7-13-24)21-32-18-16-25(17-19-32)29(22-32)35-30(34)27(20-23-10-4-1-5-11-23)31-26-14-8-3-9-15-26;25-22(26-21-16-24-13-11-18(21)12-14-24)20(15-17-7-3-1-4-8-17)23-19-9-5-2-6-10-19;9-6-8(10)7-4-2-1-3-5-7;/h1-15,25,27,29,31H,16-22H2;1-10,18,20-21,23H,11-16H2;1-5H,6H2;1H/q+1;;;/p-1/t25?,27-,29+,32?;20-,21+;;/m11../s1. The van der Waals surface area contributed by atoms with Gasteiger partial charge < -0.3 is 41.6 Å². The van der Waals surface area contributed by atoms with E-state index in [-0.39, 0.29) is 58.7 Å². The zero-order chi connectivity index (χ0) is 49.3. The number of fused-ring (bicyclic) bond motifs is 6. The number of Topliss-reactive ketones (excluding diaryl/α,β-unsaturated/α-hetero) is 2. The van der Waals surface area contributed by atoms with Gasteiger partial charge in [-0.25, -0.2) is 9.59 Å². The monoisotopic (exact) mass is 1100 g/mol. The number of ether oxygens (including phenoxy) is 2. The first-order valence-electron chi connectivity index (χ1n) is 25.1. The van der Waals surface area contributed by atoms with E-state index in [0.717, 1.165) is 103 Å². The Morgan fingerprint density at radius 2 is 0.917 bits per heavy atom. The number of rotatable bonds is 17. The van der Waals surface area contributed by atoms with Crippen LogP contribution in [-0.2, 0) is 31.9 Å². The molecule has 0 unspecified atom stereocenters. The summed E-state index contributed by atoms with van der Waals surface area (Å²) in [5.41, 5.74) is 5.58. The minimum Gasteiger partial charge on any atom is -1.00 e. The molecule has 4 atom stereocenters. The fraction of sp³-hybridized carbons (Fsp3) is 0.333. The molecule has 0 aromatic heterocycles. The third kappa shape index (κ3) is 15.5. The number of ketones is 2. The molecule has 2 N–H and O–H groups in total. The summed E-state index contributed by atoms with van der Waals surface area (Å²) in [5, 5.41) is 7.16. The van der Waals surface area contributed by atoms with Gasteiger partial charge in [-0.1, -0.05) is 174 Å². The van der Waals surface area contributed by atoms with Crippen molar-refractivity contribution in [3.63, 3.8) is 0 Å². The van der Waals surface area contributed by atoms with Gasteiger partial charge in [-0.05, 0) is 67.2 Å². The first-order chi connectivity index (χ1) is 34.7. The lowest BCUT2D eigenvalue weighted by atomic mass is 9.82. The predicted molar refractivity (Wildman–Crippen MR) is 285 cm³/mol. The number of para-hydroxylation sites is 2. The highest BCUT2D eigenvalue weighted by molar-refractivity contribution is 9.09. The van der Waals surface area contributed by atoms with E-state index in [1.165, 1.54) is 0 Å². The third-order valence-corrected chi connectivity index (χ3v) is 14.8. The molecule has 0 radical (unpaired) electrons. The quantitative estimate of drug-likeness (QED) is 0.0419. The van der Waals surface area contributed by atoms with Crippen molar-refractivity contribution in [1.29, 1.82) is 0 Å². The number of nitrogens with zero attached hydrogens (tertiary/aromatic N) is 2. The van der Waals surface area contributed by atoms with Gasteiger partial charge in [-0.15, -0.1) is 0 Å². The number of benzene rings is 6. The molecule has 0 spiro atoms. The first-order valence-corrected chi connectivity index (χ1v) is 26.3. The van der Waals surface area contributed by atoms with Crippen LogP contribution in [0.25, 0.3) is 0 Å². The van der Waals surface area contributed by atoms with E-state index in [2.05, 4.69) is 43.6 Å². The molecule has 6 aromatic carbocycles. The second-order valence-corrected chi connectivity index (χ2v) is 19.8. The first kappa shape index (κ1) is 53.9. The summed E-state index contributed by atoms with van der Waals surface area (Å²) in [6, 6.07) is 57.8. The number of carbonyl (C=O) groups excluding carboxylic acids is 4. The molecule has 6 aliphatic rings. The van der Waals surface area contributed by atoms with Crippen molar-refractivity contribution >= 4 is 50.8 Å². The molecular weight excluding hydrogens is 1030 g/mol. The average molecular weight is 1100 g/mol. The molecule has 376 valence electrons. The largest absolute Gasteiger partial charge is 1.00 e. The summed E-state index contributed by atoms with van der Waals surface area (Å²) in [5.74, 6) is 0.836. The van der Waals surface area contributed by atoms with Crippen molar-refractivity contribution in [3.05, 3.63) is 204 Å². The van der Waals surface area contributed by atoms with Crippen molar-refractivity contribution in [1.82, 2.24) is 4.90 Å². The van der Waals surface area contributed by atoms with Crippen LogP contribution in [0.1, 0.15) is 57.5 Å². The van der Waals surface area contributed by atoms with Crippen LogP contribution in [0.2, 0.25) is 0 Å². The molecule has 0 amide bonds. The maximum absolute atomic E-state index is 13.5. The Balaban J connectivity index is 0.000000180. The Kier molecular flexibility index (Phi) is 20.4. The van der Waals surface area contributed by atoms with Crippen LogP contribution in [0.4, 0.5) is 11.4 Å². The molecule has 0 saturated carbocycles. The highest BCUT2D eigenvalue weighted by Gasteiger charge is 2.49. The van der Waals surface area contributed by atoms with Crippen LogP contribution >= 0.6 is 15.9 Å². The summed E-state index contributed by atoms with van der Waals surface area (Å²) < 4.78 is 12.9. The van der Waals surface area contributed by atoms with E-state index in [0.29, 0.717) is 36.6 Å². The van der Waals surface area contributed by atoms with E-state index >= 15 is 0 Å². The SMILES string of the molecule is O=C(CBr)c1ccccc1.O=C(C[N+]12CCC(CC1)[C@@H](OC(=O)[C@@H](Cc1ccccc1)Nc1ccccc1)C2)c1ccccc1.O=C(O[C@H]1CN2CCC1CC2)[C@@H](Cc1ccccc1)Nc1ccccc1.[Br-]. The normalized spacial score (nSPS) is 22.1. The number of alkyl halides is 1. The van der Waals surface area contributed by atoms with Crippen LogP contribution < -0.4 is 27.6 Å². The molecule has 6 heterocycles. The summed E-state index contributed by atoms with van der Waals surface area (Å²) in [4.78, 5) is 52.9. The molecule has 6 aliphatic heterocycles. The Labute approximate surface area is 444 Å². The number of quaternary nitrogens is 1. The second-order valence-electron chi connectivity index (χ2n) is 19.3. The smallest absolute Gasteiger partial charge is 0.329 e. The summed E-state index contributed by atoms with van der Waals surface area (Å²) in [6.45, 7) is 6.33. The topological polar surface area (TPSA) is 114 Å². The fourth-order valence-corrected chi connectivity index (χ4v) is 10.7. The lowest BCUT2D eigenvalue weighted by Gasteiger charge is -2.51. The molecule has 6 fully saturated rings. The molecule has 10 nitrogen and oxygen atoms in total. The number of nitrogens with one attached hydrogen (secondary N) is 2. The van der Waals surface area contributed by atoms with Crippen LogP contribution in [0.3, 0.4) is 0 Å². The Morgan fingerprint density at radius 1 is 0.528 bits per heavy atom. The Morgan fingerprint density at radius 3 is 1.33 bits per heavy atom. The fourth-order valence-electron chi connectivity index (χ4n) is 10.4. The van der Waals surface area contributed by atoms with Crippen molar-refractivity contribution < 1.29 is 50.1 Å². The number of esters is 2. The summed E-state index contributed by atoms with van der Waals surface area (Å²) >= 11 is 3.10. The van der Waals surface area contributed by atoms with Crippen molar-refractivity contribution in [2.24, 2.45) is 11.8 Å². The number of hydrogen-bond donors (Lipinski definition) is 2. The Bertz CT molecular complexity index is 2500. The van der Waals surface area contributed by atoms with E-state index in [1.54, 1.807) is 0 Å². The zero-order valence-electron chi connectivity index (χ0n) is 40.8. The second kappa shape index (κ2) is 27.2. The van der Waals surface area contributed by atoms with Gasteiger partial charge in [0.15, 0.2) is 11.9 Å². The molecular formula is C60H66Br2N4O6. The summed E-state index contributed by atoms with van der Waals surface area (Å²) in [7, 11) is 0. The maximum atomic E-state index is 13.5. The van der Waals surface area contributed by atoms with Gasteiger partial charge in [0.1, 0.15) is 31.3 Å². The lowest BCUT2D eigenvalue weighted by molar-refractivity contribution is -0.938. The molecule has 72 heavy (non-hydrogen) atoms.